The molecule has 0 saturated carbocycles. The maximum absolute atomic E-state index is 13.5. The Morgan fingerprint density at radius 3 is 2.43 bits per heavy atom. The van der Waals surface area contributed by atoms with Gasteiger partial charge in [-0.3, -0.25) is 4.79 Å². The van der Waals surface area contributed by atoms with Crippen LogP contribution in [-0.2, 0) is 16.4 Å². The third kappa shape index (κ3) is 6.92. The van der Waals surface area contributed by atoms with Crippen LogP contribution in [0, 0.1) is 12.8 Å². The molecule has 35 heavy (non-hydrogen) atoms. The fourth-order valence-corrected chi connectivity index (χ4v) is 6.42. The Kier molecular flexibility index (Phi) is 7.91. The van der Waals surface area contributed by atoms with Gasteiger partial charge in [-0.2, -0.15) is 0 Å². The molecule has 1 amide bonds. The Balaban J connectivity index is 1.51. The van der Waals surface area contributed by atoms with Crippen LogP contribution < -0.4 is 4.74 Å². The van der Waals surface area contributed by atoms with Crippen LogP contribution >= 0.6 is 11.8 Å². The number of amides is 1. The minimum atomic E-state index is -3.16. The summed E-state index contributed by atoms with van der Waals surface area (Å²) in [5.74, 6) is 1.57. The van der Waals surface area contributed by atoms with Gasteiger partial charge in [-0.05, 0) is 67.8 Å². The molecule has 0 N–H and O–H groups in total. The highest BCUT2D eigenvalue weighted by Gasteiger charge is 2.35. The molecule has 0 radical (unpaired) electrons. The van der Waals surface area contributed by atoms with Gasteiger partial charge in [-0.1, -0.05) is 43.3 Å². The van der Waals surface area contributed by atoms with E-state index >= 15 is 0 Å². The zero-order chi connectivity index (χ0) is 25.0. The van der Waals surface area contributed by atoms with Crippen LogP contribution in [0.4, 0.5) is 0 Å². The maximum Gasteiger partial charge on any atom is 0.254 e. The summed E-state index contributed by atoms with van der Waals surface area (Å²) in [6, 6.07) is 18.5. The van der Waals surface area contributed by atoms with Crippen molar-refractivity contribution >= 4 is 27.5 Å². The Bertz CT molecular complexity index is 1250. The van der Waals surface area contributed by atoms with Crippen LogP contribution in [0.25, 0.3) is 0 Å². The average molecular weight is 514 g/mol. The van der Waals surface area contributed by atoms with E-state index in [1.165, 1.54) is 17.3 Å². The molecule has 1 saturated heterocycles. The van der Waals surface area contributed by atoms with Gasteiger partial charge in [0.25, 0.3) is 5.91 Å². The number of sulfone groups is 1. The molecular weight excluding hydrogens is 482 g/mol. The van der Waals surface area contributed by atoms with Crippen LogP contribution in [0.1, 0.15) is 41.9 Å². The molecule has 1 aliphatic heterocycles. The molecule has 1 fully saturated rings. The zero-order valence-electron chi connectivity index (χ0n) is 20.3. The quantitative estimate of drug-likeness (QED) is 0.371. The average Bonchev–Trinajstić information content (AvgIpc) is 3.42. The molecule has 2 aromatic carbocycles. The van der Waals surface area contributed by atoms with Crippen molar-refractivity contribution in [1.29, 1.82) is 0 Å². The molecule has 0 spiro atoms. The fourth-order valence-electron chi connectivity index (χ4n) is 3.90. The van der Waals surface area contributed by atoms with Crippen LogP contribution in [0.15, 0.2) is 75.1 Å². The third-order valence-corrected chi connectivity index (χ3v) is 8.48. The second-order valence-corrected chi connectivity index (χ2v) is 12.7. The molecule has 1 unspecified atom stereocenters. The highest BCUT2D eigenvalue weighted by Crippen LogP contribution is 2.31. The van der Waals surface area contributed by atoms with Crippen molar-refractivity contribution < 1.29 is 22.4 Å². The van der Waals surface area contributed by atoms with E-state index in [2.05, 4.69) is 13.8 Å². The van der Waals surface area contributed by atoms with E-state index in [1.54, 1.807) is 29.2 Å². The predicted octanol–water partition coefficient (Wildman–Crippen LogP) is 5.60. The highest BCUT2D eigenvalue weighted by atomic mass is 32.2. The van der Waals surface area contributed by atoms with Crippen molar-refractivity contribution in [2.24, 2.45) is 5.92 Å². The van der Waals surface area contributed by atoms with Crippen molar-refractivity contribution in [3.63, 3.8) is 0 Å². The molecule has 4 rings (SSSR count). The summed E-state index contributed by atoms with van der Waals surface area (Å²) >= 11 is 1.51. The number of furan rings is 1. The Morgan fingerprint density at radius 1 is 1.09 bits per heavy atom. The van der Waals surface area contributed by atoms with Gasteiger partial charge < -0.3 is 14.1 Å². The first kappa shape index (κ1) is 25.4. The number of benzene rings is 2. The number of hydrogen-bond donors (Lipinski definition) is 0. The van der Waals surface area contributed by atoms with E-state index in [0.717, 1.165) is 9.99 Å². The first-order valence-electron chi connectivity index (χ1n) is 11.8. The van der Waals surface area contributed by atoms with Crippen molar-refractivity contribution in [2.75, 3.05) is 18.1 Å². The molecule has 1 atom stereocenters. The van der Waals surface area contributed by atoms with E-state index < -0.39 is 9.84 Å². The van der Waals surface area contributed by atoms with Gasteiger partial charge in [0.2, 0.25) is 0 Å². The summed E-state index contributed by atoms with van der Waals surface area (Å²) in [6.07, 6.45) is 0.426. The van der Waals surface area contributed by atoms with Crippen molar-refractivity contribution in [3.05, 3.63) is 77.6 Å². The number of carbonyl (C=O) groups excluding carboxylic acids is 1. The second-order valence-electron chi connectivity index (χ2n) is 9.36. The summed E-state index contributed by atoms with van der Waals surface area (Å²) < 4.78 is 36.1. The minimum Gasteiger partial charge on any atom is -0.493 e. The largest absolute Gasteiger partial charge is 0.493 e. The lowest BCUT2D eigenvalue weighted by molar-refractivity contribution is 0.0663. The van der Waals surface area contributed by atoms with Gasteiger partial charge in [0.15, 0.2) is 14.9 Å². The molecule has 0 bridgehead atoms. The van der Waals surface area contributed by atoms with Crippen LogP contribution in [-0.4, -0.2) is 43.4 Å². The van der Waals surface area contributed by atoms with Crippen LogP contribution in [0.5, 0.6) is 5.75 Å². The molecule has 3 aromatic rings. The summed E-state index contributed by atoms with van der Waals surface area (Å²) in [7, 11) is -3.16. The summed E-state index contributed by atoms with van der Waals surface area (Å²) in [5.41, 5.74) is 1.68. The first-order valence-corrected chi connectivity index (χ1v) is 14.4. The topological polar surface area (TPSA) is 76.8 Å². The van der Waals surface area contributed by atoms with Crippen LogP contribution in [0.3, 0.4) is 0 Å². The number of aryl methyl sites for hydroxylation is 1. The van der Waals surface area contributed by atoms with Crippen molar-refractivity contribution in [1.82, 2.24) is 4.90 Å². The number of nitrogens with zero attached hydrogens (tertiary/aromatic N) is 1. The molecule has 2 heterocycles. The summed E-state index contributed by atoms with van der Waals surface area (Å²) in [5, 5.41) is 0.724. The van der Waals surface area contributed by atoms with Gasteiger partial charge in [0, 0.05) is 16.5 Å². The Morgan fingerprint density at radius 2 is 1.80 bits per heavy atom. The van der Waals surface area contributed by atoms with E-state index in [1.807, 2.05) is 43.3 Å². The molecular formula is C27H31NO5S2. The van der Waals surface area contributed by atoms with Crippen LogP contribution in [0.2, 0.25) is 0 Å². The zero-order valence-corrected chi connectivity index (χ0v) is 21.9. The lowest BCUT2D eigenvalue weighted by Gasteiger charge is -2.27. The molecule has 0 aliphatic carbocycles. The lowest BCUT2D eigenvalue weighted by Crippen LogP contribution is -2.40. The fraction of sp³-hybridized carbons (Fsp3) is 0.370. The number of ether oxygens (including phenoxy) is 1. The van der Waals surface area contributed by atoms with Gasteiger partial charge in [-0.15, -0.1) is 0 Å². The molecule has 6 nitrogen and oxygen atoms in total. The van der Waals surface area contributed by atoms with Gasteiger partial charge in [-0.25, -0.2) is 8.42 Å². The standard InChI is InChI=1S/C27H31NO5S2/c1-19(2)17-32-23-8-6-21(7-9-23)27(29)28(22-14-15-35(30,31)18-22)16-24-10-13-26(33-24)34-25-11-4-20(3)5-12-25/h4-13,19,22H,14-18H2,1-3H3. The number of rotatable bonds is 9. The monoisotopic (exact) mass is 513 g/mol. The third-order valence-electron chi connectivity index (χ3n) is 5.80. The van der Waals surface area contributed by atoms with E-state index in [-0.39, 0.29) is 30.0 Å². The van der Waals surface area contributed by atoms with Crippen molar-refractivity contribution in [2.45, 2.75) is 49.8 Å². The van der Waals surface area contributed by atoms with Gasteiger partial charge in [0.05, 0.1) is 24.7 Å². The number of carbonyl (C=O) groups is 1. The SMILES string of the molecule is Cc1ccc(Sc2ccc(CN(C(=O)c3ccc(OCC(C)C)cc3)C3CCS(=O)(=O)C3)o2)cc1. The minimum absolute atomic E-state index is 0.0278. The van der Waals surface area contributed by atoms with E-state index in [9.17, 15) is 13.2 Å². The lowest BCUT2D eigenvalue weighted by atomic mass is 10.1. The first-order chi connectivity index (χ1) is 16.7. The molecule has 8 heteroatoms. The van der Waals surface area contributed by atoms with E-state index in [0.29, 0.717) is 36.0 Å². The smallest absolute Gasteiger partial charge is 0.254 e. The number of hydrogen-bond acceptors (Lipinski definition) is 6. The van der Waals surface area contributed by atoms with Gasteiger partial charge in [0.1, 0.15) is 11.5 Å². The summed E-state index contributed by atoms with van der Waals surface area (Å²) in [6.45, 7) is 7.00. The molecule has 1 aromatic heterocycles. The van der Waals surface area contributed by atoms with Gasteiger partial charge >= 0.3 is 0 Å². The maximum atomic E-state index is 13.5. The van der Waals surface area contributed by atoms with E-state index in [4.69, 9.17) is 9.15 Å². The predicted molar refractivity (Wildman–Crippen MR) is 138 cm³/mol. The molecule has 186 valence electrons. The highest BCUT2D eigenvalue weighted by molar-refractivity contribution is 7.99. The molecule has 1 aliphatic rings. The Labute approximate surface area is 211 Å². The second kappa shape index (κ2) is 10.9. The Hall–Kier alpha value is -2.71. The van der Waals surface area contributed by atoms with Crippen molar-refractivity contribution in [3.8, 4) is 5.75 Å². The normalized spacial score (nSPS) is 17.0. The summed E-state index contributed by atoms with van der Waals surface area (Å²) in [4.78, 5) is 16.2.